The Kier molecular flexibility index (Phi) is 5.20. The number of carbonyl (C=O) groups is 2. The molecule has 0 radical (unpaired) electrons. The second-order valence-electron chi connectivity index (χ2n) is 5.11. The predicted octanol–water partition coefficient (Wildman–Crippen LogP) is 1.99. The molecule has 1 atom stereocenters. The summed E-state index contributed by atoms with van der Waals surface area (Å²) < 4.78 is 41.9. The third kappa shape index (κ3) is 4.72. The van der Waals surface area contributed by atoms with Crippen LogP contribution in [0.1, 0.15) is 26.7 Å². The zero-order chi connectivity index (χ0) is 14.6. The van der Waals surface area contributed by atoms with Gasteiger partial charge in [0.25, 0.3) is 0 Å². The molecule has 0 aromatic heterocycles. The first kappa shape index (κ1) is 15.8. The Morgan fingerprint density at radius 1 is 1.37 bits per heavy atom. The molecule has 0 aliphatic carbocycles. The van der Waals surface area contributed by atoms with Gasteiger partial charge in [-0.25, -0.2) is 0 Å². The molecule has 0 aromatic rings. The molecular weight excluding hydrogens is 263 g/mol. The van der Waals surface area contributed by atoms with Crippen LogP contribution in [0.5, 0.6) is 0 Å². The quantitative estimate of drug-likeness (QED) is 0.743. The number of likely N-dealkylation sites (tertiary alicyclic amines) is 1. The van der Waals surface area contributed by atoms with E-state index in [9.17, 15) is 22.8 Å². The number of halogens is 3. The van der Waals surface area contributed by atoms with E-state index in [2.05, 4.69) is 0 Å². The largest absolute Gasteiger partial charge is 0.471 e. The SMILES string of the molecule is CC(C)COC(=O)[C@H]1CCCN(C(=O)C(F)(F)F)C1. The third-order valence-electron chi connectivity index (χ3n) is 2.84. The number of piperidine rings is 1. The number of amides is 1. The minimum absolute atomic E-state index is 0.0340. The standard InChI is InChI=1S/C12H18F3NO3/c1-8(2)7-19-10(17)9-4-3-5-16(6-9)11(18)12(13,14)15/h8-9H,3-7H2,1-2H3/t9-/m0/s1. The molecule has 1 aliphatic heterocycles. The molecule has 0 spiro atoms. The Morgan fingerprint density at radius 3 is 2.53 bits per heavy atom. The summed E-state index contributed by atoms with van der Waals surface area (Å²) in [6.45, 7) is 3.80. The van der Waals surface area contributed by atoms with Crippen LogP contribution in [0.25, 0.3) is 0 Å². The summed E-state index contributed by atoms with van der Waals surface area (Å²) >= 11 is 0. The predicted molar refractivity (Wildman–Crippen MR) is 61.2 cm³/mol. The van der Waals surface area contributed by atoms with Crippen molar-refractivity contribution in [3.05, 3.63) is 0 Å². The number of hydrogen-bond acceptors (Lipinski definition) is 3. The Bertz CT molecular complexity index is 342. The van der Waals surface area contributed by atoms with Gasteiger partial charge in [-0.2, -0.15) is 13.2 Å². The van der Waals surface area contributed by atoms with E-state index in [1.807, 2.05) is 13.8 Å². The van der Waals surface area contributed by atoms with Crippen molar-refractivity contribution in [3.8, 4) is 0 Å². The highest BCUT2D eigenvalue weighted by Crippen LogP contribution is 2.24. The number of rotatable bonds is 3. The van der Waals surface area contributed by atoms with E-state index < -0.39 is 24.0 Å². The molecule has 4 nitrogen and oxygen atoms in total. The van der Waals surface area contributed by atoms with E-state index in [-0.39, 0.29) is 25.6 Å². The minimum Gasteiger partial charge on any atom is -0.465 e. The molecule has 0 N–H and O–H groups in total. The molecule has 1 rings (SSSR count). The molecule has 0 aromatic carbocycles. The van der Waals surface area contributed by atoms with Crippen molar-refractivity contribution in [2.75, 3.05) is 19.7 Å². The van der Waals surface area contributed by atoms with Crippen molar-refractivity contribution in [3.63, 3.8) is 0 Å². The van der Waals surface area contributed by atoms with Crippen molar-refractivity contribution >= 4 is 11.9 Å². The molecule has 110 valence electrons. The van der Waals surface area contributed by atoms with Gasteiger partial charge in [0, 0.05) is 13.1 Å². The first-order chi connectivity index (χ1) is 8.71. The van der Waals surface area contributed by atoms with E-state index in [4.69, 9.17) is 4.74 Å². The van der Waals surface area contributed by atoms with Crippen molar-refractivity contribution < 1.29 is 27.5 Å². The van der Waals surface area contributed by atoms with Crippen LogP contribution in [0, 0.1) is 11.8 Å². The number of nitrogens with zero attached hydrogens (tertiary/aromatic N) is 1. The van der Waals surface area contributed by atoms with Gasteiger partial charge in [-0.15, -0.1) is 0 Å². The summed E-state index contributed by atoms with van der Waals surface area (Å²) in [6.07, 6.45) is -4.05. The van der Waals surface area contributed by atoms with Crippen LogP contribution < -0.4 is 0 Å². The number of carbonyl (C=O) groups excluding carboxylic acids is 2. The monoisotopic (exact) mass is 281 g/mol. The molecule has 19 heavy (non-hydrogen) atoms. The van der Waals surface area contributed by atoms with E-state index in [0.717, 1.165) is 0 Å². The summed E-state index contributed by atoms with van der Waals surface area (Å²) in [5.41, 5.74) is 0. The molecule has 1 amide bonds. The molecule has 0 bridgehead atoms. The van der Waals surface area contributed by atoms with Gasteiger partial charge in [0.2, 0.25) is 0 Å². The van der Waals surface area contributed by atoms with Crippen LogP contribution in [-0.2, 0) is 14.3 Å². The summed E-state index contributed by atoms with van der Waals surface area (Å²) in [4.78, 5) is 23.5. The number of hydrogen-bond donors (Lipinski definition) is 0. The fourth-order valence-corrected chi connectivity index (χ4v) is 1.90. The van der Waals surface area contributed by atoms with Gasteiger partial charge in [0.15, 0.2) is 0 Å². The molecule has 7 heteroatoms. The summed E-state index contributed by atoms with van der Waals surface area (Å²) in [6, 6.07) is 0. The summed E-state index contributed by atoms with van der Waals surface area (Å²) in [5, 5.41) is 0. The molecule has 1 aliphatic rings. The lowest BCUT2D eigenvalue weighted by atomic mass is 9.98. The Balaban J connectivity index is 2.55. The average Bonchev–Trinajstić information content (AvgIpc) is 2.34. The lowest BCUT2D eigenvalue weighted by molar-refractivity contribution is -0.188. The summed E-state index contributed by atoms with van der Waals surface area (Å²) in [5.74, 6) is -2.89. The fraction of sp³-hybridized carbons (Fsp3) is 0.833. The Labute approximate surface area is 109 Å². The molecule has 0 saturated carbocycles. The molecular formula is C12H18F3NO3. The first-order valence-corrected chi connectivity index (χ1v) is 6.24. The van der Waals surface area contributed by atoms with Crippen LogP contribution in [0.4, 0.5) is 13.2 Å². The number of alkyl halides is 3. The van der Waals surface area contributed by atoms with Crippen LogP contribution in [-0.4, -0.2) is 42.6 Å². The van der Waals surface area contributed by atoms with E-state index in [0.29, 0.717) is 17.7 Å². The van der Waals surface area contributed by atoms with Crippen LogP contribution in [0.2, 0.25) is 0 Å². The van der Waals surface area contributed by atoms with Crippen LogP contribution >= 0.6 is 0 Å². The van der Waals surface area contributed by atoms with E-state index in [1.165, 1.54) is 0 Å². The average molecular weight is 281 g/mol. The van der Waals surface area contributed by atoms with Gasteiger partial charge < -0.3 is 9.64 Å². The van der Waals surface area contributed by atoms with Gasteiger partial charge >= 0.3 is 18.1 Å². The highest BCUT2D eigenvalue weighted by molar-refractivity contribution is 5.83. The van der Waals surface area contributed by atoms with Crippen molar-refractivity contribution in [1.29, 1.82) is 0 Å². The van der Waals surface area contributed by atoms with Gasteiger partial charge in [-0.05, 0) is 18.8 Å². The zero-order valence-electron chi connectivity index (χ0n) is 11.0. The smallest absolute Gasteiger partial charge is 0.465 e. The number of esters is 1. The topological polar surface area (TPSA) is 46.6 Å². The molecule has 0 unspecified atom stereocenters. The Hall–Kier alpha value is -1.27. The van der Waals surface area contributed by atoms with Gasteiger partial charge in [-0.1, -0.05) is 13.8 Å². The zero-order valence-corrected chi connectivity index (χ0v) is 11.0. The maximum atomic E-state index is 12.3. The fourth-order valence-electron chi connectivity index (χ4n) is 1.90. The van der Waals surface area contributed by atoms with Crippen molar-refractivity contribution in [1.82, 2.24) is 4.90 Å². The summed E-state index contributed by atoms with van der Waals surface area (Å²) in [7, 11) is 0. The lowest BCUT2D eigenvalue weighted by Crippen LogP contribution is -2.48. The van der Waals surface area contributed by atoms with Gasteiger partial charge in [0.05, 0.1) is 12.5 Å². The second-order valence-corrected chi connectivity index (χ2v) is 5.11. The van der Waals surface area contributed by atoms with Gasteiger partial charge in [-0.3, -0.25) is 9.59 Å². The lowest BCUT2D eigenvalue weighted by Gasteiger charge is -2.32. The van der Waals surface area contributed by atoms with E-state index >= 15 is 0 Å². The van der Waals surface area contributed by atoms with Gasteiger partial charge in [0.1, 0.15) is 0 Å². The first-order valence-electron chi connectivity index (χ1n) is 6.24. The van der Waals surface area contributed by atoms with Crippen LogP contribution in [0.15, 0.2) is 0 Å². The second kappa shape index (κ2) is 6.25. The number of ether oxygens (including phenoxy) is 1. The highest BCUT2D eigenvalue weighted by Gasteiger charge is 2.44. The Morgan fingerprint density at radius 2 is 2.00 bits per heavy atom. The maximum absolute atomic E-state index is 12.3. The van der Waals surface area contributed by atoms with Crippen LogP contribution in [0.3, 0.4) is 0 Å². The minimum atomic E-state index is -4.89. The maximum Gasteiger partial charge on any atom is 0.471 e. The van der Waals surface area contributed by atoms with Crippen molar-refractivity contribution in [2.24, 2.45) is 11.8 Å². The molecule has 1 fully saturated rings. The van der Waals surface area contributed by atoms with Crippen molar-refractivity contribution in [2.45, 2.75) is 32.9 Å². The molecule has 1 saturated heterocycles. The highest BCUT2D eigenvalue weighted by atomic mass is 19.4. The normalized spacial score (nSPS) is 20.5. The molecule has 1 heterocycles. The third-order valence-corrected chi connectivity index (χ3v) is 2.84. The van der Waals surface area contributed by atoms with E-state index in [1.54, 1.807) is 0 Å².